The number of aryl methyl sites for hydroxylation is 2. The van der Waals surface area contributed by atoms with Crippen LogP contribution in [0.4, 0.5) is 5.69 Å². The number of aromatic nitrogens is 5. The molecule has 4 aromatic rings. The molecule has 0 aliphatic carbocycles. The summed E-state index contributed by atoms with van der Waals surface area (Å²) in [6, 6.07) is 9.25. The quantitative estimate of drug-likeness (QED) is 0.493. The van der Waals surface area contributed by atoms with Crippen molar-refractivity contribution in [1.82, 2.24) is 24.3 Å². The van der Waals surface area contributed by atoms with Gasteiger partial charge in [-0.1, -0.05) is 0 Å². The lowest BCUT2D eigenvalue weighted by molar-refractivity contribution is 0.279. The molecule has 1 aromatic carbocycles. The molecule has 0 amide bonds. The van der Waals surface area contributed by atoms with E-state index in [-0.39, 0.29) is 6.61 Å². The van der Waals surface area contributed by atoms with Gasteiger partial charge < -0.3 is 19.1 Å². The molecule has 31 heavy (non-hydrogen) atoms. The fraction of sp³-hybridized carbons (Fsp3) is 0.273. The van der Waals surface area contributed by atoms with Crippen LogP contribution in [0.25, 0.3) is 22.4 Å². The maximum Gasteiger partial charge on any atom is 0.160 e. The zero-order valence-corrected chi connectivity index (χ0v) is 17.7. The fourth-order valence-electron chi connectivity index (χ4n) is 3.29. The number of methoxy groups -OCH3 is 2. The molecule has 0 spiro atoms. The highest BCUT2D eigenvalue weighted by atomic mass is 16.5. The molecule has 0 saturated heterocycles. The number of fused-ring (bicyclic) bond motifs is 1. The first kappa shape index (κ1) is 20.5. The van der Waals surface area contributed by atoms with Crippen molar-refractivity contribution in [2.24, 2.45) is 12.0 Å². The number of benzene rings is 1. The number of ether oxygens (including phenoxy) is 2. The van der Waals surface area contributed by atoms with Gasteiger partial charge in [-0.3, -0.25) is 9.67 Å². The van der Waals surface area contributed by atoms with Crippen LogP contribution in [0, 0.1) is 0 Å². The predicted molar refractivity (Wildman–Crippen MR) is 116 cm³/mol. The summed E-state index contributed by atoms with van der Waals surface area (Å²) in [5.41, 5.74) is 4.40. The van der Waals surface area contributed by atoms with Gasteiger partial charge in [0.05, 0.1) is 38.0 Å². The van der Waals surface area contributed by atoms with Crippen molar-refractivity contribution in [3.05, 3.63) is 54.4 Å². The van der Waals surface area contributed by atoms with E-state index in [1.807, 2.05) is 42.1 Å². The lowest BCUT2D eigenvalue weighted by Crippen LogP contribution is -2.22. The summed E-state index contributed by atoms with van der Waals surface area (Å²) in [7, 11) is 5.07. The molecular formula is C22H24N6O3. The number of hydrogen-bond donors (Lipinski definition) is 1. The van der Waals surface area contributed by atoms with E-state index in [2.05, 4.69) is 10.1 Å². The Labute approximate surface area is 179 Å². The molecule has 160 valence electrons. The second-order valence-electron chi connectivity index (χ2n) is 6.97. The monoisotopic (exact) mass is 420 g/mol. The molecule has 0 unspecified atom stereocenters. The Kier molecular flexibility index (Phi) is 5.94. The minimum Gasteiger partial charge on any atom is -0.497 e. The zero-order valence-electron chi connectivity index (χ0n) is 17.7. The number of nitrogens with zero attached hydrogens (tertiary/aromatic N) is 6. The largest absolute Gasteiger partial charge is 0.497 e. The highest BCUT2D eigenvalue weighted by molar-refractivity contribution is 5.73. The van der Waals surface area contributed by atoms with Crippen LogP contribution in [0.2, 0.25) is 0 Å². The summed E-state index contributed by atoms with van der Waals surface area (Å²) in [4.78, 5) is 14.2. The highest BCUT2D eigenvalue weighted by Gasteiger charge is 2.10. The lowest BCUT2D eigenvalue weighted by Gasteiger charge is -2.12. The molecule has 0 bridgehead atoms. The van der Waals surface area contributed by atoms with Crippen LogP contribution in [0.3, 0.4) is 0 Å². The minimum atomic E-state index is 0.0610. The van der Waals surface area contributed by atoms with Crippen molar-refractivity contribution >= 4 is 16.9 Å². The normalized spacial score (nSPS) is 11.8. The van der Waals surface area contributed by atoms with E-state index < -0.39 is 0 Å². The van der Waals surface area contributed by atoms with Crippen molar-refractivity contribution in [2.75, 3.05) is 20.8 Å². The third-order valence-electron chi connectivity index (χ3n) is 4.82. The summed E-state index contributed by atoms with van der Waals surface area (Å²) >= 11 is 0. The summed E-state index contributed by atoms with van der Waals surface area (Å²) in [5, 5.41) is 13.6. The van der Waals surface area contributed by atoms with E-state index >= 15 is 0 Å². The van der Waals surface area contributed by atoms with E-state index in [0.29, 0.717) is 41.3 Å². The Bertz CT molecular complexity index is 1260. The molecule has 0 aliphatic rings. The Hall–Kier alpha value is -3.72. The van der Waals surface area contributed by atoms with Gasteiger partial charge in [0.2, 0.25) is 0 Å². The molecule has 3 aromatic heterocycles. The molecule has 4 rings (SSSR count). The van der Waals surface area contributed by atoms with Crippen molar-refractivity contribution < 1.29 is 14.6 Å². The van der Waals surface area contributed by atoms with Gasteiger partial charge in [0.25, 0.3) is 0 Å². The minimum absolute atomic E-state index is 0.0610. The van der Waals surface area contributed by atoms with Crippen LogP contribution in [-0.2, 0) is 13.6 Å². The summed E-state index contributed by atoms with van der Waals surface area (Å²) in [6.07, 6.45) is 5.95. The zero-order chi connectivity index (χ0) is 21.8. The van der Waals surface area contributed by atoms with Gasteiger partial charge >= 0.3 is 0 Å². The van der Waals surface area contributed by atoms with Gasteiger partial charge in [0, 0.05) is 50.2 Å². The van der Waals surface area contributed by atoms with Gasteiger partial charge in [-0.25, -0.2) is 9.98 Å². The standard InChI is InChI=1S/C22H24N6O3/c1-27-14-15(12-24-27)20-13-23-19-5-6-21(28(7-4-8-29)22(19)26-20)25-16-9-17(30-2)11-18(10-16)31-3/h5-6,9-14,29H,4,7-8H2,1-3H3. The van der Waals surface area contributed by atoms with Crippen LogP contribution >= 0.6 is 0 Å². The number of hydrogen-bond acceptors (Lipinski definition) is 7. The Morgan fingerprint density at radius 3 is 2.48 bits per heavy atom. The maximum atomic E-state index is 9.43. The van der Waals surface area contributed by atoms with E-state index in [1.165, 1.54) is 0 Å². The van der Waals surface area contributed by atoms with Gasteiger partial charge in [-0.15, -0.1) is 0 Å². The average molecular weight is 420 g/mol. The summed E-state index contributed by atoms with van der Waals surface area (Å²) in [5.74, 6) is 1.30. The second kappa shape index (κ2) is 8.97. The third kappa shape index (κ3) is 4.41. The lowest BCUT2D eigenvalue weighted by atomic mass is 10.2. The number of rotatable bonds is 7. The van der Waals surface area contributed by atoms with Crippen molar-refractivity contribution in [1.29, 1.82) is 0 Å². The molecule has 1 N–H and O–H groups in total. The molecule has 3 heterocycles. The maximum absolute atomic E-state index is 9.43. The van der Waals surface area contributed by atoms with Crippen LogP contribution in [0.15, 0.2) is 53.9 Å². The van der Waals surface area contributed by atoms with Gasteiger partial charge in [-0.2, -0.15) is 5.10 Å². The molecule has 0 saturated carbocycles. The predicted octanol–water partition coefficient (Wildman–Crippen LogP) is 2.46. The van der Waals surface area contributed by atoms with Crippen LogP contribution < -0.4 is 15.0 Å². The number of aliphatic hydroxyl groups is 1. The van der Waals surface area contributed by atoms with E-state index in [9.17, 15) is 5.11 Å². The van der Waals surface area contributed by atoms with Gasteiger partial charge in [0.1, 0.15) is 22.5 Å². The van der Waals surface area contributed by atoms with E-state index in [1.54, 1.807) is 37.4 Å². The Morgan fingerprint density at radius 2 is 1.84 bits per heavy atom. The molecule has 0 fully saturated rings. The Morgan fingerprint density at radius 1 is 1.06 bits per heavy atom. The number of pyridine rings is 1. The molecule has 9 heteroatoms. The van der Waals surface area contributed by atoms with Crippen LogP contribution in [0.1, 0.15) is 6.42 Å². The van der Waals surface area contributed by atoms with Crippen molar-refractivity contribution in [3.63, 3.8) is 0 Å². The smallest absolute Gasteiger partial charge is 0.160 e. The van der Waals surface area contributed by atoms with E-state index in [0.717, 1.165) is 16.8 Å². The molecule has 0 aliphatic heterocycles. The topological polar surface area (TPSA) is 99.6 Å². The van der Waals surface area contributed by atoms with Crippen molar-refractivity contribution in [2.45, 2.75) is 13.0 Å². The fourth-order valence-corrected chi connectivity index (χ4v) is 3.29. The Balaban J connectivity index is 1.91. The first-order valence-electron chi connectivity index (χ1n) is 9.85. The molecule has 0 atom stereocenters. The first-order chi connectivity index (χ1) is 15.1. The number of aliphatic hydroxyl groups excluding tert-OH is 1. The van der Waals surface area contributed by atoms with Crippen LogP contribution in [0.5, 0.6) is 11.5 Å². The molecule has 9 nitrogen and oxygen atoms in total. The summed E-state index contributed by atoms with van der Waals surface area (Å²) < 4.78 is 14.4. The van der Waals surface area contributed by atoms with Gasteiger partial charge in [-0.05, 0) is 18.6 Å². The van der Waals surface area contributed by atoms with Gasteiger partial charge in [0.15, 0.2) is 5.65 Å². The van der Waals surface area contributed by atoms with Crippen LogP contribution in [-0.4, -0.2) is 50.2 Å². The SMILES string of the molecule is COc1cc(N=c2ccc3ncc(-c4cnn(C)c4)nc3n2CCCO)cc(OC)c1. The van der Waals surface area contributed by atoms with Crippen molar-refractivity contribution in [3.8, 4) is 22.8 Å². The summed E-state index contributed by atoms with van der Waals surface area (Å²) in [6.45, 7) is 0.602. The first-order valence-corrected chi connectivity index (χ1v) is 9.85. The molecular weight excluding hydrogens is 396 g/mol. The third-order valence-corrected chi connectivity index (χ3v) is 4.82. The molecule has 0 radical (unpaired) electrons. The van der Waals surface area contributed by atoms with E-state index in [4.69, 9.17) is 19.5 Å². The highest BCUT2D eigenvalue weighted by Crippen LogP contribution is 2.27. The average Bonchev–Trinajstić information content (AvgIpc) is 3.23. The second-order valence-corrected chi connectivity index (χ2v) is 6.97.